The Balaban J connectivity index is 2.92. The third kappa shape index (κ3) is 4.43. The Labute approximate surface area is 120 Å². The zero-order valence-corrected chi connectivity index (χ0v) is 12.7. The molecular formula is C14H21Cl2NO. The van der Waals surface area contributed by atoms with Gasteiger partial charge in [0.15, 0.2) is 0 Å². The van der Waals surface area contributed by atoms with Crippen LogP contribution in [0.3, 0.4) is 0 Å². The average molecular weight is 290 g/mol. The second-order valence-corrected chi connectivity index (χ2v) is 5.30. The van der Waals surface area contributed by atoms with Gasteiger partial charge in [0.1, 0.15) is 0 Å². The Morgan fingerprint density at radius 3 is 2.67 bits per heavy atom. The standard InChI is InChI=1S/C14H21Cl2NO/c1-4-17-14(10(2)7-8-18-3)12-9-11(15)5-6-13(12)16/h5-6,9-10,14,17H,4,7-8H2,1-3H3. The number of ether oxygens (including phenoxy) is 1. The molecule has 1 aromatic carbocycles. The van der Waals surface area contributed by atoms with E-state index in [0.717, 1.165) is 35.2 Å². The largest absolute Gasteiger partial charge is 0.385 e. The molecule has 2 nitrogen and oxygen atoms in total. The van der Waals surface area contributed by atoms with E-state index in [0.29, 0.717) is 5.92 Å². The van der Waals surface area contributed by atoms with Crippen molar-refractivity contribution in [3.63, 3.8) is 0 Å². The summed E-state index contributed by atoms with van der Waals surface area (Å²) in [6, 6.07) is 5.82. The number of benzene rings is 1. The van der Waals surface area contributed by atoms with Crippen molar-refractivity contribution < 1.29 is 4.74 Å². The summed E-state index contributed by atoms with van der Waals surface area (Å²) in [4.78, 5) is 0. The van der Waals surface area contributed by atoms with E-state index in [1.807, 2.05) is 18.2 Å². The number of hydrogen-bond donors (Lipinski definition) is 1. The minimum Gasteiger partial charge on any atom is -0.385 e. The van der Waals surface area contributed by atoms with Crippen LogP contribution in [0.15, 0.2) is 18.2 Å². The number of methoxy groups -OCH3 is 1. The predicted molar refractivity (Wildman–Crippen MR) is 78.5 cm³/mol. The maximum absolute atomic E-state index is 6.27. The van der Waals surface area contributed by atoms with Crippen molar-refractivity contribution in [1.82, 2.24) is 5.32 Å². The fourth-order valence-corrected chi connectivity index (χ4v) is 2.48. The van der Waals surface area contributed by atoms with Gasteiger partial charge in [-0.05, 0) is 42.6 Å². The van der Waals surface area contributed by atoms with Crippen LogP contribution in [0, 0.1) is 5.92 Å². The predicted octanol–water partition coefficient (Wildman–Crippen LogP) is 4.32. The van der Waals surface area contributed by atoms with Crippen LogP contribution in [0.1, 0.15) is 31.9 Å². The van der Waals surface area contributed by atoms with E-state index in [-0.39, 0.29) is 6.04 Å². The molecule has 1 N–H and O–H groups in total. The zero-order chi connectivity index (χ0) is 13.5. The Kier molecular flexibility index (Phi) is 7.02. The highest BCUT2D eigenvalue weighted by Crippen LogP contribution is 2.32. The summed E-state index contributed by atoms with van der Waals surface area (Å²) in [7, 11) is 1.72. The van der Waals surface area contributed by atoms with Crippen LogP contribution in [-0.4, -0.2) is 20.3 Å². The first kappa shape index (κ1) is 15.8. The molecule has 0 saturated carbocycles. The van der Waals surface area contributed by atoms with Gasteiger partial charge in [0, 0.05) is 29.8 Å². The van der Waals surface area contributed by atoms with Gasteiger partial charge in [0.05, 0.1) is 0 Å². The second kappa shape index (κ2) is 8.00. The lowest BCUT2D eigenvalue weighted by molar-refractivity contribution is 0.170. The van der Waals surface area contributed by atoms with Gasteiger partial charge >= 0.3 is 0 Å². The summed E-state index contributed by atoms with van der Waals surface area (Å²) in [6.45, 7) is 5.93. The first-order valence-electron chi connectivity index (χ1n) is 6.27. The number of hydrogen-bond acceptors (Lipinski definition) is 2. The summed E-state index contributed by atoms with van der Waals surface area (Å²) in [5.41, 5.74) is 1.06. The second-order valence-electron chi connectivity index (χ2n) is 4.46. The fourth-order valence-electron chi connectivity index (χ4n) is 2.06. The van der Waals surface area contributed by atoms with Crippen molar-refractivity contribution in [3.05, 3.63) is 33.8 Å². The molecule has 0 spiro atoms. The summed E-state index contributed by atoms with van der Waals surface area (Å²) in [6.07, 6.45) is 0.983. The summed E-state index contributed by atoms with van der Waals surface area (Å²) in [5, 5.41) is 4.95. The molecule has 2 unspecified atom stereocenters. The fraction of sp³-hybridized carbons (Fsp3) is 0.571. The van der Waals surface area contributed by atoms with Crippen LogP contribution in [-0.2, 0) is 4.74 Å². The Morgan fingerprint density at radius 2 is 2.06 bits per heavy atom. The Hall–Kier alpha value is -0.280. The van der Waals surface area contributed by atoms with Crippen molar-refractivity contribution in [2.45, 2.75) is 26.3 Å². The van der Waals surface area contributed by atoms with Gasteiger partial charge in [0.2, 0.25) is 0 Å². The highest BCUT2D eigenvalue weighted by molar-refractivity contribution is 6.33. The first-order chi connectivity index (χ1) is 8.60. The molecule has 4 heteroatoms. The normalized spacial score (nSPS) is 14.5. The molecule has 0 heterocycles. The molecule has 102 valence electrons. The lowest BCUT2D eigenvalue weighted by atomic mass is 9.92. The molecule has 0 bridgehead atoms. The van der Waals surface area contributed by atoms with Crippen LogP contribution in [0.5, 0.6) is 0 Å². The average Bonchev–Trinajstić information content (AvgIpc) is 2.36. The van der Waals surface area contributed by atoms with Gasteiger partial charge in [-0.2, -0.15) is 0 Å². The molecule has 0 aliphatic rings. The molecule has 0 aromatic heterocycles. The topological polar surface area (TPSA) is 21.3 Å². The minimum atomic E-state index is 0.205. The van der Waals surface area contributed by atoms with E-state index < -0.39 is 0 Å². The molecule has 0 aliphatic carbocycles. The van der Waals surface area contributed by atoms with E-state index in [1.54, 1.807) is 7.11 Å². The summed E-state index contributed by atoms with van der Waals surface area (Å²) < 4.78 is 5.14. The Morgan fingerprint density at radius 1 is 1.33 bits per heavy atom. The smallest absolute Gasteiger partial charge is 0.0465 e. The van der Waals surface area contributed by atoms with Crippen molar-refractivity contribution in [1.29, 1.82) is 0 Å². The van der Waals surface area contributed by atoms with E-state index in [2.05, 4.69) is 19.2 Å². The highest BCUT2D eigenvalue weighted by Gasteiger charge is 2.20. The van der Waals surface area contributed by atoms with Crippen LogP contribution >= 0.6 is 23.2 Å². The van der Waals surface area contributed by atoms with Crippen molar-refractivity contribution >= 4 is 23.2 Å². The molecule has 18 heavy (non-hydrogen) atoms. The van der Waals surface area contributed by atoms with Gasteiger partial charge in [0.25, 0.3) is 0 Å². The monoisotopic (exact) mass is 289 g/mol. The molecule has 0 fully saturated rings. The molecule has 0 amide bonds. The SMILES string of the molecule is CCNC(c1cc(Cl)ccc1Cl)C(C)CCOC. The van der Waals surface area contributed by atoms with Crippen molar-refractivity contribution in [2.75, 3.05) is 20.3 Å². The first-order valence-corrected chi connectivity index (χ1v) is 7.03. The third-order valence-electron chi connectivity index (χ3n) is 3.06. The Bertz CT molecular complexity index is 371. The van der Waals surface area contributed by atoms with Crippen LogP contribution in [0.25, 0.3) is 0 Å². The number of halogens is 2. The third-order valence-corrected chi connectivity index (χ3v) is 3.64. The molecule has 0 aliphatic heterocycles. The van der Waals surface area contributed by atoms with E-state index >= 15 is 0 Å². The van der Waals surface area contributed by atoms with E-state index in [9.17, 15) is 0 Å². The lowest BCUT2D eigenvalue weighted by Crippen LogP contribution is -2.27. The van der Waals surface area contributed by atoms with E-state index in [1.165, 1.54) is 0 Å². The number of nitrogens with one attached hydrogen (secondary N) is 1. The summed E-state index contributed by atoms with van der Waals surface area (Å²) >= 11 is 12.3. The van der Waals surface area contributed by atoms with Crippen LogP contribution in [0.4, 0.5) is 0 Å². The van der Waals surface area contributed by atoms with Gasteiger partial charge in [-0.25, -0.2) is 0 Å². The maximum atomic E-state index is 6.27. The van der Waals surface area contributed by atoms with Gasteiger partial charge in [-0.15, -0.1) is 0 Å². The molecule has 1 aromatic rings. The summed E-state index contributed by atoms with van der Waals surface area (Å²) in [5.74, 6) is 0.431. The van der Waals surface area contributed by atoms with Crippen molar-refractivity contribution in [2.24, 2.45) is 5.92 Å². The lowest BCUT2D eigenvalue weighted by Gasteiger charge is -2.26. The van der Waals surface area contributed by atoms with Gasteiger partial charge < -0.3 is 10.1 Å². The van der Waals surface area contributed by atoms with Gasteiger partial charge in [-0.1, -0.05) is 37.0 Å². The van der Waals surface area contributed by atoms with Crippen LogP contribution < -0.4 is 5.32 Å². The molecular weight excluding hydrogens is 269 g/mol. The maximum Gasteiger partial charge on any atom is 0.0465 e. The zero-order valence-electron chi connectivity index (χ0n) is 11.2. The number of rotatable bonds is 7. The minimum absolute atomic E-state index is 0.205. The molecule has 0 radical (unpaired) electrons. The van der Waals surface area contributed by atoms with Crippen LogP contribution in [0.2, 0.25) is 10.0 Å². The molecule has 1 rings (SSSR count). The molecule has 0 saturated heterocycles. The van der Waals surface area contributed by atoms with Crippen molar-refractivity contribution in [3.8, 4) is 0 Å². The highest BCUT2D eigenvalue weighted by atomic mass is 35.5. The molecule has 2 atom stereocenters. The van der Waals surface area contributed by atoms with E-state index in [4.69, 9.17) is 27.9 Å². The quantitative estimate of drug-likeness (QED) is 0.807. The van der Waals surface area contributed by atoms with Gasteiger partial charge in [-0.3, -0.25) is 0 Å².